The van der Waals surface area contributed by atoms with E-state index in [4.69, 9.17) is 0 Å². The Kier molecular flexibility index (Phi) is 3.60. The number of rotatable bonds is 5. The summed E-state index contributed by atoms with van der Waals surface area (Å²) >= 11 is 1.92. The Bertz CT molecular complexity index is 255. The molecule has 2 heteroatoms. The van der Waals surface area contributed by atoms with Gasteiger partial charge in [0.2, 0.25) is 0 Å². The molecule has 1 heterocycles. The van der Waals surface area contributed by atoms with Crippen LogP contribution in [0.25, 0.3) is 0 Å². The summed E-state index contributed by atoms with van der Waals surface area (Å²) in [5.41, 5.74) is 0. The Morgan fingerprint density at radius 2 is 2.43 bits per heavy atom. The third-order valence-electron chi connectivity index (χ3n) is 3.16. The summed E-state index contributed by atoms with van der Waals surface area (Å²) in [4.78, 5) is 1.60. The molecule has 1 aromatic heterocycles. The van der Waals surface area contributed by atoms with Gasteiger partial charge in [0.25, 0.3) is 0 Å². The van der Waals surface area contributed by atoms with E-state index in [1.165, 1.54) is 32.4 Å². The molecule has 1 N–H and O–H groups in total. The fraction of sp³-hybridized carbons (Fsp3) is 0.667. The first kappa shape index (κ1) is 10.2. The SMILES string of the molecule is CCCNCC1CCC1c1cccs1. The molecule has 0 aromatic carbocycles. The van der Waals surface area contributed by atoms with Crippen molar-refractivity contribution in [1.29, 1.82) is 0 Å². The van der Waals surface area contributed by atoms with Crippen molar-refractivity contribution < 1.29 is 0 Å². The average molecular weight is 209 g/mol. The molecule has 2 unspecified atom stereocenters. The monoisotopic (exact) mass is 209 g/mol. The van der Waals surface area contributed by atoms with E-state index < -0.39 is 0 Å². The summed E-state index contributed by atoms with van der Waals surface area (Å²) in [6, 6.07) is 4.47. The minimum absolute atomic E-state index is 0.861. The molecule has 2 rings (SSSR count). The molecule has 0 aliphatic heterocycles. The van der Waals surface area contributed by atoms with E-state index in [-0.39, 0.29) is 0 Å². The molecule has 1 nitrogen and oxygen atoms in total. The van der Waals surface area contributed by atoms with Crippen LogP contribution in [0.2, 0.25) is 0 Å². The summed E-state index contributed by atoms with van der Waals surface area (Å²) in [5, 5.41) is 5.73. The molecule has 1 saturated carbocycles. The van der Waals surface area contributed by atoms with Gasteiger partial charge in [-0.25, -0.2) is 0 Å². The molecular formula is C12H19NS. The highest BCUT2D eigenvalue weighted by Gasteiger charge is 2.31. The van der Waals surface area contributed by atoms with Gasteiger partial charge >= 0.3 is 0 Å². The van der Waals surface area contributed by atoms with Gasteiger partial charge in [0.05, 0.1) is 0 Å². The van der Waals surface area contributed by atoms with Crippen molar-refractivity contribution in [1.82, 2.24) is 5.32 Å². The fourth-order valence-corrected chi connectivity index (χ4v) is 3.11. The topological polar surface area (TPSA) is 12.0 Å². The predicted molar refractivity (Wildman–Crippen MR) is 62.9 cm³/mol. The molecule has 1 fully saturated rings. The molecule has 0 radical (unpaired) electrons. The van der Waals surface area contributed by atoms with E-state index >= 15 is 0 Å². The van der Waals surface area contributed by atoms with Crippen LogP contribution in [0.15, 0.2) is 17.5 Å². The largest absolute Gasteiger partial charge is 0.316 e. The van der Waals surface area contributed by atoms with Gasteiger partial charge < -0.3 is 5.32 Å². The third kappa shape index (κ3) is 2.18. The molecule has 78 valence electrons. The Morgan fingerprint density at radius 1 is 1.50 bits per heavy atom. The smallest absolute Gasteiger partial charge is 0.00794 e. The zero-order valence-corrected chi connectivity index (χ0v) is 9.65. The highest BCUT2D eigenvalue weighted by Crippen LogP contribution is 2.43. The van der Waals surface area contributed by atoms with Gasteiger partial charge in [0.15, 0.2) is 0 Å². The molecule has 0 saturated heterocycles. The summed E-state index contributed by atoms with van der Waals surface area (Å²) in [5.74, 6) is 1.76. The van der Waals surface area contributed by atoms with E-state index in [9.17, 15) is 0 Å². The van der Waals surface area contributed by atoms with E-state index in [2.05, 4.69) is 29.8 Å². The lowest BCUT2D eigenvalue weighted by molar-refractivity contribution is 0.249. The summed E-state index contributed by atoms with van der Waals surface area (Å²) in [6.07, 6.45) is 4.06. The zero-order chi connectivity index (χ0) is 9.80. The van der Waals surface area contributed by atoms with Crippen LogP contribution in [0.3, 0.4) is 0 Å². The maximum absolute atomic E-state index is 3.53. The molecule has 1 aliphatic carbocycles. The number of hydrogen-bond acceptors (Lipinski definition) is 2. The average Bonchev–Trinajstić information content (AvgIpc) is 2.63. The lowest BCUT2D eigenvalue weighted by atomic mass is 9.73. The van der Waals surface area contributed by atoms with Crippen LogP contribution in [0.1, 0.15) is 37.0 Å². The van der Waals surface area contributed by atoms with Gasteiger partial charge in [-0.1, -0.05) is 13.0 Å². The lowest BCUT2D eigenvalue weighted by Crippen LogP contribution is -2.33. The van der Waals surface area contributed by atoms with E-state index in [1.807, 2.05) is 11.3 Å². The first-order valence-corrected chi connectivity index (χ1v) is 6.54. The van der Waals surface area contributed by atoms with Gasteiger partial charge in [-0.15, -0.1) is 11.3 Å². The third-order valence-corrected chi connectivity index (χ3v) is 4.16. The Morgan fingerprint density at radius 3 is 3.00 bits per heavy atom. The maximum Gasteiger partial charge on any atom is 0.00794 e. The standard InChI is InChI=1S/C12H19NS/c1-2-7-13-9-10-5-6-11(10)12-4-3-8-14-12/h3-4,8,10-11,13H,2,5-7,9H2,1H3. The molecule has 1 aromatic rings. The van der Waals surface area contributed by atoms with E-state index in [1.54, 1.807) is 4.88 Å². The zero-order valence-electron chi connectivity index (χ0n) is 8.83. The molecular weight excluding hydrogens is 190 g/mol. The van der Waals surface area contributed by atoms with Crippen molar-refractivity contribution in [2.75, 3.05) is 13.1 Å². The first-order valence-electron chi connectivity index (χ1n) is 5.66. The van der Waals surface area contributed by atoms with Crippen molar-refractivity contribution in [2.45, 2.75) is 32.1 Å². The normalized spacial score (nSPS) is 26.1. The van der Waals surface area contributed by atoms with Crippen molar-refractivity contribution in [3.8, 4) is 0 Å². The van der Waals surface area contributed by atoms with Crippen molar-refractivity contribution in [3.63, 3.8) is 0 Å². The van der Waals surface area contributed by atoms with Crippen LogP contribution in [-0.2, 0) is 0 Å². The molecule has 0 amide bonds. The van der Waals surface area contributed by atoms with Crippen molar-refractivity contribution in [2.24, 2.45) is 5.92 Å². The van der Waals surface area contributed by atoms with Gasteiger partial charge in [0.1, 0.15) is 0 Å². The van der Waals surface area contributed by atoms with Gasteiger partial charge in [-0.2, -0.15) is 0 Å². The minimum Gasteiger partial charge on any atom is -0.316 e. The molecule has 2 atom stereocenters. The Balaban J connectivity index is 1.79. The van der Waals surface area contributed by atoms with Crippen LogP contribution >= 0.6 is 11.3 Å². The van der Waals surface area contributed by atoms with Crippen molar-refractivity contribution >= 4 is 11.3 Å². The maximum atomic E-state index is 3.53. The quantitative estimate of drug-likeness (QED) is 0.734. The van der Waals surface area contributed by atoms with Gasteiger partial charge in [-0.3, -0.25) is 0 Å². The minimum atomic E-state index is 0.861. The predicted octanol–water partition coefficient (Wildman–Crippen LogP) is 3.24. The molecule has 0 spiro atoms. The van der Waals surface area contributed by atoms with Crippen LogP contribution in [-0.4, -0.2) is 13.1 Å². The van der Waals surface area contributed by atoms with Crippen molar-refractivity contribution in [3.05, 3.63) is 22.4 Å². The summed E-state index contributed by atoms with van der Waals surface area (Å²) in [6.45, 7) is 4.62. The van der Waals surface area contributed by atoms with Gasteiger partial charge in [-0.05, 0) is 55.6 Å². The highest BCUT2D eigenvalue weighted by molar-refractivity contribution is 7.10. The highest BCUT2D eigenvalue weighted by atomic mass is 32.1. The molecule has 0 bridgehead atoms. The second-order valence-corrected chi connectivity index (χ2v) is 5.14. The van der Waals surface area contributed by atoms with Crippen LogP contribution in [0, 0.1) is 5.92 Å². The fourth-order valence-electron chi connectivity index (χ4n) is 2.15. The number of hydrogen-bond donors (Lipinski definition) is 1. The first-order chi connectivity index (χ1) is 6.92. The second kappa shape index (κ2) is 4.94. The van der Waals surface area contributed by atoms with E-state index in [0.29, 0.717) is 0 Å². The van der Waals surface area contributed by atoms with E-state index in [0.717, 1.165) is 11.8 Å². The Hall–Kier alpha value is -0.340. The Labute approximate surface area is 90.5 Å². The second-order valence-electron chi connectivity index (χ2n) is 4.16. The summed E-state index contributed by atoms with van der Waals surface area (Å²) in [7, 11) is 0. The number of nitrogens with one attached hydrogen (secondary N) is 1. The number of thiophene rings is 1. The summed E-state index contributed by atoms with van der Waals surface area (Å²) < 4.78 is 0. The van der Waals surface area contributed by atoms with Crippen LogP contribution < -0.4 is 5.32 Å². The van der Waals surface area contributed by atoms with Crippen LogP contribution in [0.4, 0.5) is 0 Å². The van der Waals surface area contributed by atoms with Gasteiger partial charge in [0, 0.05) is 4.88 Å². The molecule has 1 aliphatic rings. The molecule has 14 heavy (non-hydrogen) atoms. The van der Waals surface area contributed by atoms with Crippen LogP contribution in [0.5, 0.6) is 0 Å². The lowest BCUT2D eigenvalue weighted by Gasteiger charge is -2.36.